The highest BCUT2D eigenvalue weighted by Crippen LogP contribution is 2.46. The maximum absolute atomic E-state index is 14.2. The van der Waals surface area contributed by atoms with Gasteiger partial charge < -0.3 is 40.7 Å². The van der Waals surface area contributed by atoms with Crippen LogP contribution in [-0.2, 0) is 41.6 Å². The molecule has 53 heavy (non-hydrogen) atoms. The van der Waals surface area contributed by atoms with Gasteiger partial charge in [0.2, 0.25) is 17.5 Å². The number of carbonyl (C=O) groups is 5. The Bertz CT molecular complexity index is 2110. The molecule has 16 nitrogen and oxygen atoms in total. The second kappa shape index (κ2) is 13.4. The number of fused-ring (bicyclic) bond motifs is 5. The molecule has 16 heteroatoms. The Labute approximate surface area is 307 Å². The number of amides is 3. The Kier molecular flexibility index (Phi) is 8.21. The minimum Gasteiger partial charge on any atom is -0.479 e. The number of ether oxygens (including phenoxy) is 1. The Balaban J connectivity index is 0.000000426. The van der Waals surface area contributed by atoms with Crippen molar-refractivity contribution in [1.29, 1.82) is 0 Å². The van der Waals surface area contributed by atoms with Gasteiger partial charge in [0, 0.05) is 46.8 Å². The number of hydrogen-bond donors (Lipinski definition) is 7. The summed E-state index contributed by atoms with van der Waals surface area (Å²) in [4.78, 5) is 69.0. The van der Waals surface area contributed by atoms with Crippen LogP contribution in [0.2, 0.25) is 0 Å². The zero-order chi connectivity index (χ0) is 40.5. The van der Waals surface area contributed by atoms with Gasteiger partial charge in [-0.3, -0.25) is 28.9 Å². The lowest BCUT2D eigenvalue weighted by Crippen LogP contribution is -2.71. The number of hydrogen-bond acceptors (Lipinski definition) is 10. The fourth-order valence-electron chi connectivity index (χ4n) is 8.18. The largest absolute Gasteiger partial charge is 0.479 e. The van der Waals surface area contributed by atoms with Gasteiger partial charge in [-0.05, 0) is 61.5 Å². The molecular formula is C37H41N5O11. The topological polar surface area (TPSA) is 233 Å². The first-order valence-corrected chi connectivity index (χ1v) is 17.2. The molecule has 8 rings (SSSR count). The highest BCUT2D eigenvalue weighted by atomic mass is 16.7. The number of aliphatic hydroxyl groups is 3. The van der Waals surface area contributed by atoms with Crippen LogP contribution >= 0.6 is 0 Å². The Morgan fingerprint density at radius 1 is 1.08 bits per heavy atom. The monoisotopic (exact) mass is 735 g/mol. The van der Waals surface area contributed by atoms with E-state index >= 15 is 0 Å². The van der Waals surface area contributed by atoms with Crippen LogP contribution in [0.1, 0.15) is 40.6 Å². The lowest BCUT2D eigenvalue weighted by molar-refractivity contribution is -0.315. The van der Waals surface area contributed by atoms with Crippen LogP contribution in [0.4, 0.5) is 0 Å². The zero-order valence-corrected chi connectivity index (χ0v) is 28.5. The quantitative estimate of drug-likeness (QED) is 0.157. The summed E-state index contributed by atoms with van der Waals surface area (Å²) in [5, 5.41) is 48.3. The number of likely N-dealkylation sites (N-methyl/N-ethyl adjacent to an activating group) is 1. The van der Waals surface area contributed by atoms with Gasteiger partial charge in [-0.25, -0.2) is 9.59 Å². The number of aromatic amines is 1. The van der Waals surface area contributed by atoms with Crippen molar-refractivity contribution in [3.8, 4) is 0 Å². The molecule has 5 aliphatic rings. The van der Waals surface area contributed by atoms with E-state index in [9.17, 15) is 29.1 Å². The van der Waals surface area contributed by atoms with Gasteiger partial charge in [-0.2, -0.15) is 0 Å². The third-order valence-electron chi connectivity index (χ3n) is 10.7. The van der Waals surface area contributed by atoms with Crippen molar-refractivity contribution in [2.75, 3.05) is 20.1 Å². The van der Waals surface area contributed by atoms with E-state index in [-0.39, 0.29) is 18.9 Å². The van der Waals surface area contributed by atoms with Gasteiger partial charge in [0.25, 0.3) is 11.8 Å². The lowest BCUT2D eigenvalue weighted by Gasteiger charge is -2.48. The molecule has 280 valence electrons. The Hall–Kier alpha value is -5.13. The lowest BCUT2D eigenvalue weighted by atomic mass is 9.80. The van der Waals surface area contributed by atoms with Crippen molar-refractivity contribution in [3.63, 3.8) is 0 Å². The molecule has 3 saturated heterocycles. The summed E-state index contributed by atoms with van der Waals surface area (Å²) in [5.41, 5.74) is 2.38. The van der Waals surface area contributed by atoms with Crippen LogP contribution < -0.4 is 5.32 Å². The number of aliphatic carboxylic acids is 2. The number of nitrogens with one attached hydrogen (secondary N) is 2. The van der Waals surface area contributed by atoms with E-state index in [0.29, 0.717) is 25.8 Å². The zero-order valence-electron chi connectivity index (χ0n) is 31.5. The number of carbonyl (C=O) groups excluding carboxylic acids is 3. The van der Waals surface area contributed by atoms with E-state index in [1.165, 1.54) is 11.8 Å². The van der Waals surface area contributed by atoms with Gasteiger partial charge in [0.05, 0.1) is 5.92 Å². The summed E-state index contributed by atoms with van der Waals surface area (Å²) in [5.74, 6) is -8.22. The van der Waals surface area contributed by atoms with E-state index in [2.05, 4.69) is 10.3 Å². The first-order chi connectivity index (χ1) is 26.4. The Morgan fingerprint density at radius 2 is 1.79 bits per heavy atom. The molecule has 1 aromatic heterocycles. The van der Waals surface area contributed by atoms with Crippen molar-refractivity contribution < 1.29 is 58.4 Å². The van der Waals surface area contributed by atoms with Crippen molar-refractivity contribution in [1.82, 2.24) is 25.0 Å². The molecule has 0 spiro atoms. The second-order valence-electron chi connectivity index (χ2n) is 14.1. The molecule has 3 fully saturated rings. The average molecular weight is 736 g/mol. The van der Waals surface area contributed by atoms with E-state index in [1.54, 1.807) is 11.0 Å². The SMILES string of the molecule is O=C(O)C(O)C(O)C(=O)O.[2H][13C]([2H])([2H])N1C[C@H](C(=O)N[C@]2(C)O[C@@]3(O)[C@@H]4CCCN4C(=O)[C@H](Cc4ccccc4)N3C2=O)C=C2c3cccc4[nH]cc(c34)C[C@H]21. The smallest absolute Gasteiger partial charge is 0.335 e. The van der Waals surface area contributed by atoms with Crippen molar-refractivity contribution in [2.24, 2.45) is 5.92 Å². The van der Waals surface area contributed by atoms with E-state index < -0.39 is 78.6 Å². The van der Waals surface area contributed by atoms with Crippen LogP contribution in [0.25, 0.3) is 16.5 Å². The second-order valence-corrected chi connectivity index (χ2v) is 14.1. The van der Waals surface area contributed by atoms with Crippen molar-refractivity contribution in [3.05, 3.63) is 77.5 Å². The van der Waals surface area contributed by atoms with Crippen molar-refractivity contribution in [2.45, 2.75) is 74.6 Å². The van der Waals surface area contributed by atoms with Gasteiger partial charge >= 0.3 is 11.9 Å². The predicted molar refractivity (Wildman–Crippen MR) is 185 cm³/mol. The minimum atomic E-state index is -2.49. The van der Waals surface area contributed by atoms with Gasteiger partial charge in [0.15, 0.2) is 12.2 Å². The summed E-state index contributed by atoms with van der Waals surface area (Å²) in [6.07, 6.45) is 0.902. The summed E-state index contributed by atoms with van der Waals surface area (Å²) in [6, 6.07) is 12.8. The average Bonchev–Trinajstić information content (AvgIpc) is 3.86. The normalized spacial score (nSPS) is 31.1. The van der Waals surface area contributed by atoms with Crippen LogP contribution in [0, 0.1) is 5.92 Å². The molecule has 2 unspecified atom stereocenters. The summed E-state index contributed by atoms with van der Waals surface area (Å²) in [7, 11) is 0. The van der Waals surface area contributed by atoms with Crippen molar-refractivity contribution >= 4 is 46.1 Å². The van der Waals surface area contributed by atoms with Gasteiger partial charge in [-0.15, -0.1) is 0 Å². The standard InChI is InChI=1S/C33H35N5O5.C4H6O6/c1-32(35-29(39)21-15-23-22-10-6-11-24-28(22)20(17-34-24)16-25(23)36(2)18-21)31(41)38-26(14-19-8-4-3-5-9-19)30(40)37-13-7-12-27(37)33(38,42)43-32;5-1(3(7)8)2(6)4(9)10/h3-6,8-11,15,17,21,25-27,34,42H,7,12-14,16,18H2,1-2H3,(H,35,39);1-2,5-6H,(H,7,8)(H,9,10)/t21-,25-,26+,27+,32-,33+;/m1./s1/i2+1D3;. The van der Waals surface area contributed by atoms with E-state index in [1.807, 2.05) is 54.7 Å². The van der Waals surface area contributed by atoms with E-state index in [4.69, 9.17) is 29.3 Å². The number of benzene rings is 2. The molecule has 4 aliphatic heterocycles. The predicted octanol–water partition coefficient (Wildman–Crippen LogP) is -0.132. The number of aliphatic hydroxyl groups excluding tert-OH is 2. The molecule has 0 radical (unpaired) electrons. The third kappa shape index (κ3) is 6.05. The summed E-state index contributed by atoms with van der Waals surface area (Å²) >= 11 is 0. The highest BCUT2D eigenvalue weighted by Gasteiger charge is 2.70. The molecule has 1 aliphatic carbocycles. The maximum Gasteiger partial charge on any atom is 0.335 e. The number of piperazine rings is 1. The molecular weight excluding hydrogens is 691 g/mol. The molecule has 0 saturated carbocycles. The Morgan fingerprint density at radius 3 is 2.47 bits per heavy atom. The molecule has 3 amide bonds. The first kappa shape index (κ1) is 32.5. The number of carboxylic acid groups (broad SMARTS) is 2. The maximum atomic E-state index is 14.2. The fourth-order valence-corrected chi connectivity index (χ4v) is 8.18. The van der Waals surface area contributed by atoms with Crippen LogP contribution in [0.15, 0.2) is 60.8 Å². The molecule has 5 heterocycles. The number of aromatic nitrogens is 1. The van der Waals surface area contributed by atoms with E-state index in [0.717, 1.165) is 38.1 Å². The minimum absolute atomic E-state index is 0.101. The number of rotatable bonds is 7. The molecule has 0 bridgehead atoms. The molecule has 3 aromatic rings. The van der Waals surface area contributed by atoms with Gasteiger partial charge in [-0.1, -0.05) is 48.5 Å². The summed E-state index contributed by atoms with van der Waals surface area (Å²) < 4.78 is 31.2. The third-order valence-corrected chi connectivity index (χ3v) is 10.7. The summed E-state index contributed by atoms with van der Waals surface area (Å²) in [6.45, 7) is -0.764. The number of carboxylic acids is 2. The number of nitrogens with zero attached hydrogens (tertiary/aromatic N) is 3. The molecule has 2 aromatic carbocycles. The van der Waals surface area contributed by atoms with Crippen LogP contribution in [0.3, 0.4) is 0 Å². The number of H-pyrrole nitrogens is 1. The highest BCUT2D eigenvalue weighted by molar-refractivity contribution is 6.01. The fraction of sp³-hybridized carbons (Fsp3) is 0.432. The van der Waals surface area contributed by atoms with Crippen LogP contribution in [-0.4, -0.2) is 137 Å². The molecule has 8 atom stereocenters. The van der Waals surface area contributed by atoms with Gasteiger partial charge in [0.1, 0.15) is 12.1 Å². The van der Waals surface area contributed by atoms with Crippen LogP contribution in [0.5, 0.6) is 0 Å². The molecule has 7 N–H and O–H groups in total. The first-order valence-electron chi connectivity index (χ1n) is 18.7.